The first-order valence-corrected chi connectivity index (χ1v) is 32.2. The molecule has 14 aromatic rings. The number of benzene rings is 12. The summed E-state index contributed by atoms with van der Waals surface area (Å²) in [6.45, 7) is 23.1. The summed E-state index contributed by atoms with van der Waals surface area (Å²) in [5.74, 6) is 0. The molecule has 0 N–H and O–H groups in total. The van der Waals surface area contributed by atoms with E-state index in [0.29, 0.717) is 0 Å². The Kier molecular flexibility index (Phi) is 10.9. The normalized spacial score (nSPS) is 13.9. The van der Waals surface area contributed by atoms with Crippen molar-refractivity contribution >= 4 is 101 Å². The molecule has 0 atom stereocenters. The Morgan fingerprint density at radius 3 is 1.44 bits per heavy atom. The molecule has 90 heavy (non-hydrogen) atoms. The largest absolute Gasteiger partial charge is 0.311 e. The van der Waals surface area contributed by atoms with Crippen molar-refractivity contribution in [3.63, 3.8) is 0 Å². The minimum Gasteiger partial charge on any atom is -0.311 e. The third-order valence-electron chi connectivity index (χ3n) is 21.0. The van der Waals surface area contributed by atoms with Crippen LogP contribution in [0.4, 0.5) is 34.1 Å². The first-order valence-electron chi connectivity index (χ1n) is 32.2. The molecule has 5 heteroatoms. The molecule has 0 fully saturated rings. The highest BCUT2D eigenvalue weighted by Crippen LogP contribution is 2.64. The highest BCUT2D eigenvalue weighted by molar-refractivity contribution is 7.00. The SMILES string of the molecule is Cc1cccc(C)c1N(c1cc2c3c(c1)-n1c4ccccc4c4c1c(cc1c5ccccc5n(-c5cc(C(C)(C)C)cc(C(C)(C)C)c5)c14)B3c1cc3c(cc1N2c1ccccc1)C1(c2ccccc2-c2ccccc21)c1ccccc1-3)c1c(C)cccc1C. The van der Waals surface area contributed by atoms with Crippen LogP contribution in [0.1, 0.15) is 97.2 Å². The molecule has 18 rings (SSSR count). The van der Waals surface area contributed by atoms with Crippen LogP contribution in [0.25, 0.3) is 77.2 Å². The average molecular weight is 1160 g/mol. The second-order valence-electron chi connectivity index (χ2n) is 28.2. The van der Waals surface area contributed by atoms with Crippen molar-refractivity contribution in [1.29, 1.82) is 0 Å². The Bertz CT molecular complexity index is 5300. The van der Waals surface area contributed by atoms with E-state index in [2.05, 4.69) is 325 Å². The van der Waals surface area contributed by atoms with Crippen molar-refractivity contribution in [1.82, 2.24) is 9.13 Å². The van der Waals surface area contributed by atoms with Gasteiger partial charge in [-0.2, -0.15) is 0 Å². The van der Waals surface area contributed by atoms with E-state index in [9.17, 15) is 0 Å². The van der Waals surface area contributed by atoms with Crippen molar-refractivity contribution in [3.05, 3.63) is 292 Å². The topological polar surface area (TPSA) is 16.3 Å². The molecule has 4 nitrogen and oxygen atoms in total. The Morgan fingerprint density at radius 2 is 0.867 bits per heavy atom. The zero-order valence-electron chi connectivity index (χ0n) is 52.9. The van der Waals surface area contributed by atoms with Crippen molar-refractivity contribution in [3.8, 4) is 33.6 Å². The fourth-order valence-corrected chi connectivity index (χ4v) is 17.1. The van der Waals surface area contributed by atoms with Crippen LogP contribution in [0, 0.1) is 27.7 Å². The highest BCUT2D eigenvalue weighted by Gasteiger charge is 2.54. The van der Waals surface area contributed by atoms with E-state index in [1.807, 2.05) is 0 Å². The summed E-state index contributed by atoms with van der Waals surface area (Å²) in [5, 5.41) is 5.05. The monoisotopic (exact) mass is 1160 g/mol. The van der Waals surface area contributed by atoms with Gasteiger partial charge < -0.3 is 18.9 Å². The van der Waals surface area contributed by atoms with E-state index in [1.54, 1.807) is 0 Å². The molecule has 432 valence electrons. The van der Waals surface area contributed by atoms with Crippen molar-refractivity contribution < 1.29 is 0 Å². The number of hydrogen-bond acceptors (Lipinski definition) is 2. The fraction of sp³-hybridized carbons (Fsp3) is 0.153. The van der Waals surface area contributed by atoms with Gasteiger partial charge in [0, 0.05) is 50.0 Å². The number of anilines is 6. The summed E-state index contributed by atoms with van der Waals surface area (Å²) >= 11 is 0. The van der Waals surface area contributed by atoms with E-state index >= 15 is 0 Å². The van der Waals surface area contributed by atoms with Crippen LogP contribution in [-0.2, 0) is 16.2 Å². The van der Waals surface area contributed by atoms with Gasteiger partial charge in [-0.1, -0.05) is 224 Å². The number of nitrogens with zero attached hydrogens (tertiary/aromatic N) is 4. The number of fused-ring (bicyclic) bond motifs is 21. The van der Waals surface area contributed by atoms with Crippen LogP contribution < -0.4 is 26.2 Å². The van der Waals surface area contributed by atoms with Gasteiger partial charge in [-0.3, -0.25) is 0 Å². The molecule has 2 aromatic heterocycles. The zero-order valence-corrected chi connectivity index (χ0v) is 52.9. The molecule has 0 saturated carbocycles. The van der Waals surface area contributed by atoms with Crippen LogP contribution in [0.3, 0.4) is 0 Å². The Hall–Kier alpha value is -10.1. The van der Waals surface area contributed by atoms with E-state index in [0.717, 1.165) is 11.4 Å². The molecule has 2 aliphatic carbocycles. The molecule has 0 radical (unpaired) electrons. The third kappa shape index (κ3) is 6.98. The summed E-state index contributed by atoms with van der Waals surface area (Å²) in [5.41, 5.74) is 35.7. The van der Waals surface area contributed by atoms with Crippen LogP contribution in [-0.4, -0.2) is 15.8 Å². The summed E-state index contributed by atoms with van der Waals surface area (Å²) in [6.07, 6.45) is 0. The summed E-state index contributed by atoms with van der Waals surface area (Å²) in [7, 11) is 0. The predicted molar refractivity (Wildman–Crippen MR) is 382 cm³/mol. The molecule has 4 aliphatic rings. The maximum Gasteiger partial charge on any atom is 0.252 e. The smallest absolute Gasteiger partial charge is 0.252 e. The lowest BCUT2D eigenvalue weighted by atomic mass is 9.33. The van der Waals surface area contributed by atoms with E-state index in [-0.39, 0.29) is 17.5 Å². The van der Waals surface area contributed by atoms with Crippen LogP contribution >= 0.6 is 0 Å². The molecule has 0 amide bonds. The lowest BCUT2D eigenvalue weighted by molar-refractivity contribution is 0.568. The van der Waals surface area contributed by atoms with Crippen LogP contribution in [0.2, 0.25) is 0 Å². The summed E-state index contributed by atoms with van der Waals surface area (Å²) in [6, 6.07) is 91.6. The maximum absolute atomic E-state index is 2.69. The third-order valence-corrected chi connectivity index (χ3v) is 21.0. The zero-order chi connectivity index (χ0) is 61.0. The Balaban J connectivity index is 1.05. The first kappa shape index (κ1) is 53.0. The van der Waals surface area contributed by atoms with Gasteiger partial charge >= 0.3 is 0 Å². The number of para-hydroxylation sites is 5. The van der Waals surface area contributed by atoms with E-state index < -0.39 is 5.41 Å². The summed E-state index contributed by atoms with van der Waals surface area (Å²) < 4.78 is 5.33. The molecule has 4 heterocycles. The standard InChI is InChI=1S/C85H69BN4/c1-50-26-24-27-51(2)79(50)89(80-52(3)28-25-29-53(80)4)58-45-75-78-76(46-58)90-73-41-23-18-36-63(73)77-81-65(62-35-17-22-40-72(62)88(81)57-43-54(83(5,6)7)42-55(44-57)84(8,9)10)48-71(82(77)90)86(78)70-47-64-61-34-16-21-39-68(61)85(69(64)49-74(70)87(75)56-30-12-11-13-31-56)66-37-19-14-32-59(66)60-33-15-20-38-67(60)85/h11-49H,1-10H3. The molecule has 0 saturated heterocycles. The van der Waals surface area contributed by atoms with Crippen molar-refractivity contribution in [2.75, 3.05) is 9.80 Å². The van der Waals surface area contributed by atoms with E-state index in [4.69, 9.17) is 0 Å². The number of hydrogen-bond donors (Lipinski definition) is 0. The van der Waals surface area contributed by atoms with Gasteiger partial charge in [0.05, 0.1) is 44.5 Å². The van der Waals surface area contributed by atoms with E-state index in [1.165, 1.54) is 172 Å². The predicted octanol–water partition coefficient (Wildman–Crippen LogP) is 20.1. The molecular weight excluding hydrogens is 1090 g/mol. The minimum atomic E-state index is -0.546. The van der Waals surface area contributed by atoms with Gasteiger partial charge in [0.15, 0.2) is 0 Å². The Morgan fingerprint density at radius 1 is 0.367 bits per heavy atom. The van der Waals surface area contributed by atoms with Gasteiger partial charge in [0.1, 0.15) is 0 Å². The molecule has 2 aliphatic heterocycles. The Labute approximate surface area is 528 Å². The lowest BCUT2D eigenvalue weighted by Gasteiger charge is -2.42. The lowest BCUT2D eigenvalue weighted by Crippen LogP contribution is -2.60. The molecule has 0 unspecified atom stereocenters. The number of aryl methyl sites for hydroxylation is 4. The molecule has 0 bridgehead atoms. The van der Waals surface area contributed by atoms with Gasteiger partial charge in [-0.25, -0.2) is 0 Å². The maximum atomic E-state index is 2.69. The summed E-state index contributed by atoms with van der Waals surface area (Å²) in [4.78, 5) is 5.26. The van der Waals surface area contributed by atoms with Gasteiger partial charge in [-0.15, -0.1) is 0 Å². The van der Waals surface area contributed by atoms with Crippen molar-refractivity contribution in [2.45, 2.75) is 85.5 Å². The van der Waals surface area contributed by atoms with Crippen LogP contribution in [0.5, 0.6) is 0 Å². The van der Waals surface area contributed by atoms with Crippen molar-refractivity contribution in [2.24, 2.45) is 0 Å². The molecule has 12 aromatic carbocycles. The minimum absolute atomic E-state index is 0.0817. The first-order chi connectivity index (χ1) is 43.6. The van der Waals surface area contributed by atoms with Gasteiger partial charge in [-0.05, 0) is 187 Å². The number of aromatic nitrogens is 2. The second-order valence-corrected chi connectivity index (χ2v) is 28.2. The number of rotatable bonds is 5. The van der Waals surface area contributed by atoms with Gasteiger partial charge in [0.2, 0.25) is 0 Å². The van der Waals surface area contributed by atoms with Gasteiger partial charge in [0.25, 0.3) is 6.71 Å². The second kappa shape index (κ2) is 18.5. The molecule has 1 spiro atoms. The highest BCUT2D eigenvalue weighted by atomic mass is 15.2. The molecular formula is C85H69BN4. The quantitative estimate of drug-likeness (QED) is 0.160. The van der Waals surface area contributed by atoms with Crippen LogP contribution in [0.15, 0.2) is 237 Å². The average Bonchev–Trinajstić information content (AvgIpc) is 1.43. The fourth-order valence-electron chi connectivity index (χ4n) is 17.1.